The summed E-state index contributed by atoms with van der Waals surface area (Å²) >= 11 is 0. The second kappa shape index (κ2) is 12.5. The van der Waals surface area contributed by atoms with Crippen molar-refractivity contribution in [3.8, 4) is 5.75 Å². The summed E-state index contributed by atoms with van der Waals surface area (Å²) < 4.78 is 6.41. The van der Waals surface area contributed by atoms with Crippen LogP contribution in [-0.2, 0) is 4.79 Å². The minimum Gasteiger partial charge on any atom is -0.486 e. The molecule has 0 aromatic heterocycles. The molecule has 1 heterocycles. The van der Waals surface area contributed by atoms with E-state index in [1.54, 1.807) is 0 Å². The molecule has 1 aliphatic rings. The predicted molar refractivity (Wildman–Crippen MR) is 147 cm³/mol. The molecule has 36 heavy (non-hydrogen) atoms. The number of piperidine rings is 1. The van der Waals surface area contributed by atoms with Crippen molar-refractivity contribution in [2.24, 2.45) is 5.92 Å². The van der Waals surface area contributed by atoms with Crippen molar-refractivity contribution in [2.45, 2.75) is 45.1 Å². The molecule has 0 radical (unpaired) electrons. The van der Waals surface area contributed by atoms with Gasteiger partial charge in [-0.3, -0.25) is 4.79 Å². The summed E-state index contributed by atoms with van der Waals surface area (Å²) in [4.78, 5) is 14.6. The van der Waals surface area contributed by atoms with E-state index < -0.39 is 0 Å². The number of rotatable bonds is 10. The Morgan fingerprint density at radius 2 is 1.75 bits per heavy atom. The largest absolute Gasteiger partial charge is 0.486 e. The molecule has 0 saturated carbocycles. The molecule has 0 spiro atoms. The molecule has 4 rings (SSSR count). The van der Waals surface area contributed by atoms with Crippen molar-refractivity contribution in [3.05, 3.63) is 95.6 Å². The highest BCUT2D eigenvalue weighted by Gasteiger charge is 2.23. The Morgan fingerprint density at radius 3 is 2.42 bits per heavy atom. The summed E-state index contributed by atoms with van der Waals surface area (Å²) in [6.07, 6.45) is 4.47. The SMILES string of the molecule is CC(C)C(=O)Nc1cccc(C2CCN(CC[C@H](Oc3ccc(C=N)cc3)c3ccccc3)CC2)c1. The van der Waals surface area contributed by atoms with Crippen LogP contribution in [-0.4, -0.2) is 36.7 Å². The minimum absolute atomic E-state index is 0.0176. The van der Waals surface area contributed by atoms with Gasteiger partial charge >= 0.3 is 0 Å². The maximum absolute atomic E-state index is 12.1. The van der Waals surface area contributed by atoms with Crippen molar-refractivity contribution < 1.29 is 9.53 Å². The van der Waals surface area contributed by atoms with Crippen molar-refractivity contribution in [1.82, 2.24) is 4.90 Å². The van der Waals surface area contributed by atoms with Crippen molar-refractivity contribution in [3.63, 3.8) is 0 Å². The van der Waals surface area contributed by atoms with Crippen molar-refractivity contribution in [2.75, 3.05) is 25.0 Å². The normalized spacial score (nSPS) is 15.4. The average Bonchev–Trinajstić information content (AvgIpc) is 2.92. The van der Waals surface area contributed by atoms with Gasteiger partial charge in [0.15, 0.2) is 0 Å². The van der Waals surface area contributed by atoms with E-state index in [2.05, 4.69) is 46.6 Å². The van der Waals surface area contributed by atoms with E-state index in [0.29, 0.717) is 5.92 Å². The number of carbonyl (C=O) groups excluding carboxylic acids is 1. The van der Waals surface area contributed by atoms with Crippen LogP contribution in [0.3, 0.4) is 0 Å². The molecule has 1 amide bonds. The highest BCUT2D eigenvalue weighted by Crippen LogP contribution is 2.31. The van der Waals surface area contributed by atoms with E-state index in [4.69, 9.17) is 10.1 Å². The van der Waals surface area contributed by atoms with Gasteiger partial charge in [-0.05, 0) is 84.9 Å². The fourth-order valence-electron chi connectivity index (χ4n) is 4.71. The zero-order valence-corrected chi connectivity index (χ0v) is 21.3. The second-order valence-electron chi connectivity index (χ2n) is 9.90. The number of carbonyl (C=O) groups is 1. The van der Waals surface area contributed by atoms with Crippen LogP contribution >= 0.6 is 0 Å². The third-order valence-corrected chi connectivity index (χ3v) is 6.94. The first-order valence-electron chi connectivity index (χ1n) is 13.0. The molecular formula is C31H37N3O2. The molecule has 1 saturated heterocycles. The number of amides is 1. The Balaban J connectivity index is 1.33. The van der Waals surface area contributed by atoms with Gasteiger partial charge in [0, 0.05) is 30.8 Å². The Hall–Kier alpha value is -3.44. The van der Waals surface area contributed by atoms with E-state index in [9.17, 15) is 4.79 Å². The molecule has 3 aromatic carbocycles. The number of benzene rings is 3. The van der Waals surface area contributed by atoms with Gasteiger partial charge in [-0.15, -0.1) is 0 Å². The van der Waals surface area contributed by atoms with Crippen LogP contribution < -0.4 is 10.1 Å². The average molecular weight is 484 g/mol. The number of nitrogens with zero attached hydrogens (tertiary/aromatic N) is 1. The molecule has 2 N–H and O–H groups in total. The molecule has 5 nitrogen and oxygen atoms in total. The standard InChI is InChI=1S/C31H37N3O2/c1-23(2)31(35)33-28-10-6-9-27(21-28)25-15-18-34(19-16-25)20-17-30(26-7-4-3-5-8-26)36-29-13-11-24(22-32)12-14-29/h3-14,21-23,25,30,32H,15-20H2,1-2H3,(H,33,35)/t30-/m0/s1. The molecule has 0 aliphatic carbocycles. The monoisotopic (exact) mass is 483 g/mol. The van der Waals surface area contributed by atoms with Crippen LogP contribution in [0.4, 0.5) is 5.69 Å². The van der Waals surface area contributed by atoms with E-state index >= 15 is 0 Å². The number of likely N-dealkylation sites (tertiary alicyclic amines) is 1. The number of ether oxygens (including phenoxy) is 1. The molecule has 1 atom stereocenters. The van der Waals surface area contributed by atoms with Gasteiger partial charge in [0.05, 0.1) is 0 Å². The maximum atomic E-state index is 12.1. The van der Waals surface area contributed by atoms with E-state index in [-0.39, 0.29) is 17.9 Å². The molecular weight excluding hydrogens is 446 g/mol. The molecule has 0 bridgehead atoms. The lowest BCUT2D eigenvalue weighted by Gasteiger charge is -2.33. The molecule has 3 aromatic rings. The van der Waals surface area contributed by atoms with Gasteiger partial charge in [0.1, 0.15) is 11.9 Å². The van der Waals surface area contributed by atoms with Crippen molar-refractivity contribution in [1.29, 1.82) is 5.41 Å². The second-order valence-corrected chi connectivity index (χ2v) is 9.90. The van der Waals surface area contributed by atoms with Gasteiger partial charge in [-0.2, -0.15) is 0 Å². The number of hydrogen-bond donors (Lipinski definition) is 2. The summed E-state index contributed by atoms with van der Waals surface area (Å²) in [6.45, 7) is 6.92. The molecule has 1 fully saturated rings. The van der Waals surface area contributed by atoms with E-state index in [1.165, 1.54) is 17.3 Å². The summed E-state index contributed by atoms with van der Waals surface area (Å²) in [6, 6.07) is 26.5. The van der Waals surface area contributed by atoms with Crippen LogP contribution in [0.1, 0.15) is 61.8 Å². The van der Waals surface area contributed by atoms with Crippen LogP contribution in [0.5, 0.6) is 5.75 Å². The van der Waals surface area contributed by atoms with Gasteiger partial charge in [-0.25, -0.2) is 0 Å². The van der Waals surface area contributed by atoms with Crippen LogP contribution in [0.2, 0.25) is 0 Å². The lowest BCUT2D eigenvalue weighted by molar-refractivity contribution is -0.118. The molecule has 188 valence electrons. The molecule has 0 unspecified atom stereocenters. The van der Waals surface area contributed by atoms with Gasteiger partial charge in [0.25, 0.3) is 0 Å². The number of hydrogen-bond acceptors (Lipinski definition) is 4. The Bertz CT molecular complexity index is 1120. The van der Waals surface area contributed by atoms with Gasteiger partial charge in [0.2, 0.25) is 5.91 Å². The summed E-state index contributed by atoms with van der Waals surface area (Å²) in [5.74, 6) is 1.38. The Kier molecular flexibility index (Phi) is 8.90. The zero-order valence-electron chi connectivity index (χ0n) is 21.3. The highest BCUT2D eigenvalue weighted by atomic mass is 16.5. The summed E-state index contributed by atoms with van der Waals surface area (Å²) in [7, 11) is 0. The maximum Gasteiger partial charge on any atom is 0.226 e. The fourth-order valence-corrected chi connectivity index (χ4v) is 4.71. The summed E-state index contributed by atoms with van der Waals surface area (Å²) in [5.41, 5.74) is 4.26. The quantitative estimate of drug-likeness (QED) is 0.317. The fraction of sp³-hybridized carbons (Fsp3) is 0.355. The van der Waals surface area contributed by atoms with Crippen molar-refractivity contribution >= 4 is 17.8 Å². The number of anilines is 1. The van der Waals surface area contributed by atoms with E-state index in [1.807, 2.05) is 56.3 Å². The van der Waals surface area contributed by atoms with E-state index in [0.717, 1.165) is 55.9 Å². The topological polar surface area (TPSA) is 65.4 Å². The molecule has 5 heteroatoms. The van der Waals surface area contributed by atoms with Gasteiger partial charge < -0.3 is 20.4 Å². The Labute approximate surface area is 215 Å². The third kappa shape index (κ3) is 7.05. The first-order valence-corrected chi connectivity index (χ1v) is 13.0. The lowest BCUT2D eigenvalue weighted by atomic mass is 9.89. The number of nitrogens with one attached hydrogen (secondary N) is 2. The van der Waals surface area contributed by atoms with Crippen LogP contribution in [0.15, 0.2) is 78.9 Å². The first-order chi connectivity index (χ1) is 17.5. The zero-order chi connectivity index (χ0) is 25.3. The Morgan fingerprint density at radius 1 is 1.03 bits per heavy atom. The predicted octanol–water partition coefficient (Wildman–Crippen LogP) is 6.67. The van der Waals surface area contributed by atoms with Crippen LogP contribution in [0, 0.1) is 11.3 Å². The first kappa shape index (κ1) is 25.6. The smallest absolute Gasteiger partial charge is 0.226 e. The van der Waals surface area contributed by atoms with Crippen LogP contribution in [0.25, 0.3) is 0 Å². The lowest BCUT2D eigenvalue weighted by Crippen LogP contribution is -2.34. The highest BCUT2D eigenvalue weighted by molar-refractivity contribution is 5.92. The molecule has 1 aliphatic heterocycles. The summed E-state index contributed by atoms with van der Waals surface area (Å²) in [5, 5.41) is 10.4. The minimum atomic E-state index is -0.0262. The van der Waals surface area contributed by atoms with Gasteiger partial charge in [-0.1, -0.05) is 56.3 Å². The third-order valence-electron chi connectivity index (χ3n) is 6.94.